The van der Waals surface area contributed by atoms with Crippen LogP contribution >= 0.6 is 0 Å². The lowest BCUT2D eigenvalue weighted by atomic mass is 10.1. The lowest BCUT2D eigenvalue weighted by Gasteiger charge is -2.19. The van der Waals surface area contributed by atoms with Crippen LogP contribution in [0.2, 0.25) is 0 Å². The van der Waals surface area contributed by atoms with Crippen molar-refractivity contribution in [2.45, 2.75) is 19.4 Å². The Morgan fingerprint density at radius 2 is 2.25 bits per heavy atom. The zero-order valence-corrected chi connectivity index (χ0v) is 9.43. The minimum atomic E-state index is -0.557. The fourth-order valence-corrected chi connectivity index (χ4v) is 1.93. The topological polar surface area (TPSA) is 49.8 Å². The van der Waals surface area contributed by atoms with Crippen LogP contribution in [-0.4, -0.2) is 30.8 Å². The Morgan fingerprint density at radius 1 is 1.50 bits per heavy atom. The predicted molar refractivity (Wildman–Crippen MR) is 60.7 cm³/mol. The maximum absolute atomic E-state index is 11.7. The first-order valence-electron chi connectivity index (χ1n) is 5.25. The van der Waals surface area contributed by atoms with Crippen molar-refractivity contribution in [1.82, 2.24) is 0 Å². The van der Waals surface area contributed by atoms with E-state index in [2.05, 4.69) is 0 Å². The Labute approximate surface area is 94.4 Å². The fraction of sp³-hybridized carbons (Fsp3) is 0.417. The van der Waals surface area contributed by atoms with E-state index in [1.54, 1.807) is 12.0 Å². The van der Waals surface area contributed by atoms with E-state index in [-0.39, 0.29) is 12.3 Å². The second kappa shape index (κ2) is 4.14. The van der Waals surface area contributed by atoms with Gasteiger partial charge in [-0.3, -0.25) is 4.79 Å². The lowest BCUT2D eigenvalue weighted by molar-refractivity contribution is -0.117. The quantitative estimate of drug-likeness (QED) is 0.813. The summed E-state index contributed by atoms with van der Waals surface area (Å²) in [6.45, 7) is 2.31. The van der Waals surface area contributed by atoms with Crippen LogP contribution in [0.4, 0.5) is 5.69 Å². The second-order valence-corrected chi connectivity index (χ2v) is 4.01. The highest BCUT2D eigenvalue weighted by molar-refractivity contribution is 5.96. The number of aliphatic hydroxyl groups excluding tert-OH is 1. The smallest absolute Gasteiger partial charge is 0.229 e. The Balaban J connectivity index is 2.35. The van der Waals surface area contributed by atoms with Gasteiger partial charge in [-0.05, 0) is 18.6 Å². The fourth-order valence-electron chi connectivity index (χ4n) is 1.93. The minimum absolute atomic E-state index is 0.0381. The molecular weight excluding hydrogens is 206 g/mol. The van der Waals surface area contributed by atoms with Crippen molar-refractivity contribution in [2.75, 3.05) is 18.6 Å². The highest BCUT2D eigenvalue weighted by Crippen LogP contribution is 2.28. The van der Waals surface area contributed by atoms with Gasteiger partial charge in [-0.15, -0.1) is 0 Å². The average Bonchev–Trinajstić information content (AvgIpc) is 2.58. The van der Waals surface area contributed by atoms with Gasteiger partial charge >= 0.3 is 0 Å². The Kier molecular flexibility index (Phi) is 2.83. The molecule has 1 aromatic rings. The summed E-state index contributed by atoms with van der Waals surface area (Å²) >= 11 is 0. The normalized spacial score (nSPS) is 20.3. The van der Waals surface area contributed by atoms with E-state index in [4.69, 9.17) is 4.74 Å². The number of hydrogen-bond acceptors (Lipinski definition) is 3. The largest absolute Gasteiger partial charge is 0.497 e. The molecule has 1 unspecified atom stereocenters. The molecule has 2 rings (SSSR count). The number of hydrogen-bond donors (Lipinski definition) is 1. The summed E-state index contributed by atoms with van der Waals surface area (Å²) < 4.78 is 5.13. The van der Waals surface area contributed by atoms with Gasteiger partial charge in [0.1, 0.15) is 5.75 Å². The van der Waals surface area contributed by atoms with Crippen LogP contribution in [0.3, 0.4) is 0 Å². The number of benzene rings is 1. The zero-order chi connectivity index (χ0) is 11.7. The molecule has 1 aliphatic rings. The van der Waals surface area contributed by atoms with Crippen LogP contribution in [0.5, 0.6) is 5.75 Å². The molecule has 1 atom stereocenters. The second-order valence-electron chi connectivity index (χ2n) is 4.01. The van der Waals surface area contributed by atoms with Gasteiger partial charge in [-0.2, -0.15) is 0 Å². The maximum Gasteiger partial charge on any atom is 0.229 e. The van der Waals surface area contributed by atoms with Crippen molar-refractivity contribution < 1.29 is 14.6 Å². The number of rotatable bonds is 2. The van der Waals surface area contributed by atoms with Crippen LogP contribution in [0.15, 0.2) is 18.2 Å². The molecule has 0 radical (unpaired) electrons. The van der Waals surface area contributed by atoms with E-state index in [9.17, 15) is 9.90 Å². The third-order valence-corrected chi connectivity index (χ3v) is 2.81. The molecule has 1 saturated heterocycles. The monoisotopic (exact) mass is 221 g/mol. The van der Waals surface area contributed by atoms with E-state index in [1.165, 1.54) is 0 Å². The summed E-state index contributed by atoms with van der Waals surface area (Å²) in [5, 5.41) is 9.45. The first-order chi connectivity index (χ1) is 7.61. The summed E-state index contributed by atoms with van der Waals surface area (Å²) in [6.07, 6.45) is -0.352. The molecule has 1 N–H and O–H groups in total. The first kappa shape index (κ1) is 11.0. The van der Waals surface area contributed by atoms with E-state index >= 15 is 0 Å². The highest BCUT2D eigenvalue weighted by atomic mass is 16.5. The number of carbonyl (C=O) groups excluding carboxylic acids is 1. The van der Waals surface area contributed by atoms with Crippen LogP contribution in [0.25, 0.3) is 0 Å². The summed E-state index contributed by atoms with van der Waals surface area (Å²) in [7, 11) is 1.59. The van der Waals surface area contributed by atoms with Crippen molar-refractivity contribution in [3.8, 4) is 5.75 Å². The molecule has 1 aliphatic heterocycles. The molecule has 16 heavy (non-hydrogen) atoms. The molecule has 1 heterocycles. The number of aliphatic hydroxyl groups is 1. The minimum Gasteiger partial charge on any atom is -0.497 e. The molecule has 0 spiro atoms. The van der Waals surface area contributed by atoms with Crippen molar-refractivity contribution in [3.05, 3.63) is 23.8 Å². The van der Waals surface area contributed by atoms with Crippen molar-refractivity contribution in [3.63, 3.8) is 0 Å². The lowest BCUT2D eigenvalue weighted by Crippen LogP contribution is -2.25. The number of amides is 1. The number of aryl methyl sites for hydroxylation is 1. The number of nitrogens with zero attached hydrogens (tertiary/aromatic N) is 1. The molecular formula is C12H15NO3. The standard InChI is InChI=1S/C12H15NO3/c1-8-3-4-10(16-2)6-11(8)13-7-9(14)5-12(13)15/h3-4,6,9,14H,5,7H2,1-2H3. The van der Waals surface area contributed by atoms with Gasteiger partial charge in [0.05, 0.1) is 31.9 Å². The predicted octanol–water partition coefficient (Wildman–Crippen LogP) is 1.10. The van der Waals surface area contributed by atoms with E-state index in [1.807, 2.05) is 25.1 Å². The van der Waals surface area contributed by atoms with Gasteiger partial charge in [0, 0.05) is 6.07 Å². The van der Waals surface area contributed by atoms with Crippen molar-refractivity contribution >= 4 is 11.6 Å². The molecule has 1 amide bonds. The van der Waals surface area contributed by atoms with E-state index in [0.29, 0.717) is 6.54 Å². The number of ether oxygens (including phenoxy) is 1. The van der Waals surface area contributed by atoms with Gasteiger partial charge in [0.2, 0.25) is 5.91 Å². The van der Waals surface area contributed by atoms with Gasteiger partial charge in [0.15, 0.2) is 0 Å². The van der Waals surface area contributed by atoms with E-state index < -0.39 is 6.10 Å². The van der Waals surface area contributed by atoms with Gasteiger partial charge in [-0.1, -0.05) is 6.07 Å². The summed E-state index contributed by atoms with van der Waals surface area (Å²) in [4.78, 5) is 13.3. The SMILES string of the molecule is COc1ccc(C)c(N2CC(O)CC2=O)c1. The van der Waals surface area contributed by atoms with Crippen molar-refractivity contribution in [2.24, 2.45) is 0 Å². The van der Waals surface area contributed by atoms with Gasteiger partial charge in [-0.25, -0.2) is 0 Å². The number of carbonyl (C=O) groups is 1. The molecule has 4 nitrogen and oxygen atoms in total. The first-order valence-corrected chi connectivity index (χ1v) is 5.25. The van der Waals surface area contributed by atoms with Crippen LogP contribution in [0.1, 0.15) is 12.0 Å². The molecule has 0 bridgehead atoms. The van der Waals surface area contributed by atoms with Crippen LogP contribution in [-0.2, 0) is 4.79 Å². The summed E-state index contributed by atoms with van der Waals surface area (Å²) in [6, 6.07) is 5.59. The molecule has 1 aromatic carbocycles. The maximum atomic E-state index is 11.7. The zero-order valence-electron chi connectivity index (χ0n) is 9.43. The van der Waals surface area contributed by atoms with Crippen molar-refractivity contribution in [1.29, 1.82) is 0 Å². The van der Waals surface area contributed by atoms with Crippen LogP contribution in [0, 0.1) is 6.92 Å². The third-order valence-electron chi connectivity index (χ3n) is 2.81. The third kappa shape index (κ3) is 1.88. The molecule has 0 aromatic heterocycles. The molecule has 86 valence electrons. The van der Waals surface area contributed by atoms with Crippen LogP contribution < -0.4 is 9.64 Å². The van der Waals surface area contributed by atoms with Gasteiger partial charge < -0.3 is 14.7 Å². The van der Waals surface area contributed by atoms with E-state index in [0.717, 1.165) is 17.0 Å². The number of methoxy groups -OCH3 is 1. The highest BCUT2D eigenvalue weighted by Gasteiger charge is 2.29. The molecule has 4 heteroatoms. The summed E-state index contributed by atoms with van der Waals surface area (Å²) in [5.41, 5.74) is 1.82. The molecule has 0 saturated carbocycles. The summed E-state index contributed by atoms with van der Waals surface area (Å²) in [5.74, 6) is 0.679. The Morgan fingerprint density at radius 3 is 2.81 bits per heavy atom. The number of anilines is 1. The molecule has 0 aliphatic carbocycles. The number of β-amino-alcohol motifs (C(OH)–C–C–N with tert-alkyl or cyclic N) is 1. The Bertz CT molecular complexity index is 417. The average molecular weight is 221 g/mol. The Hall–Kier alpha value is -1.55. The molecule has 1 fully saturated rings. The van der Waals surface area contributed by atoms with Gasteiger partial charge in [0.25, 0.3) is 0 Å².